The molecule has 5 aromatic rings. The predicted octanol–water partition coefficient (Wildman–Crippen LogP) is 8.84. The maximum atomic E-state index is 13.0. The van der Waals surface area contributed by atoms with E-state index in [-0.39, 0.29) is 30.7 Å². The number of nitrogens with zero attached hydrogens (tertiary/aromatic N) is 4. The SMILES string of the molecule is COc1ccc(NCCc2ccc(CN3CCN(C(=O)/C=C/c4ccc(Oc5ccc(OCc6ccc(C#N)cc6)cn5)c(Cl)c4)CC3)cc2)cc1.Cl.Cl. The summed E-state index contributed by atoms with van der Waals surface area (Å²) in [6.45, 7) is 5.08. The second-order valence-corrected chi connectivity index (χ2v) is 12.8. The summed E-state index contributed by atoms with van der Waals surface area (Å²) in [6, 6.07) is 34.9. The van der Waals surface area contributed by atoms with Crippen molar-refractivity contribution >= 4 is 54.1 Å². The number of piperazine rings is 1. The lowest BCUT2D eigenvalue weighted by atomic mass is 10.1. The van der Waals surface area contributed by atoms with Crippen LogP contribution in [-0.4, -0.2) is 60.5 Å². The highest BCUT2D eigenvalue weighted by Gasteiger charge is 2.19. The first-order valence-corrected chi connectivity index (χ1v) is 17.5. The van der Waals surface area contributed by atoms with Crippen molar-refractivity contribution in [3.63, 3.8) is 0 Å². The number of hydrogen-bond donors (Lipinski definition) is 1. The zero-order valence-corrected chi connectivity index (χ0v) is 32.2. The number of nitriles is 1. The molecule has 280 valence electrons. The number of hydrogen-bond acceptors (Lipinski definition) is 8. The van der Waals surface area contributed by atoms with Gasteiger partial charge >= 0.3 is 0 Å². The lowest BCUT2D eigenvalue weighted by molar-refractivity contribution is -0.127. The summed E-state index contributed by atoms with van der Waals surface area (Å²) in [5, 5.41) is 12.8. The monoisotopic (exact) mass is 785 g/mol. The number of benzene rings is 4. The molecule has 0 saturated carbocycles. The zero-order chi connectivity index (χ0) is 36.1. The van der Waals surface area contributed by atoms with Gasteiger partial charge in [-0.3, -0.25) is 9.69 Å². The van der Waals surface area contributed by atoms with Crippen molar-refractivity contribution in [2.45, 2.75) is 19.6 Å². The largest absolute Gasteiger partial charge is 0.497 e. The van der Waals surface area contributed by atoms with E-state index in [9.17, 15) is 4.79 Å². The summed E-state index contributed by atoms with van der Waals surface area (Å²) >= 11 is 6.52. The Kier molecular flexibility index (Phi) is 16.0. The molecule has 1 N–H and O–H groups in total. The van der Waals surface area contributed by atoms with Gasteiger partial charge in [0.15, 0.2) is 0 Å². The molecule has 0 unspecified atom stereocenters. The Morgan fingerprint density at radius 2 is 1.56 bits per heavy atom. The van der Waals surface area contributed by atoms with Crippen molar-refractivity contribution in [2.24, 2.45) is 0 Å². The molecule has 6 rings (SSSR count). The zero-order valence-electron chi connectivity index (χ0n) is 29.8. The first-order chi connectivity index (χ1) is 25.4. The minimum Gasteiger partial charge on any atom is -0.497 e. The van der Waals surface area contributed by atoms with Gasteiger partial charge in [-0.05, 0) is 89.3 Å². The van der Waals surface area contributed by atoms with E-state index >= 15 is 0 Å². The van der Waals surface area contributed by atoms with Crippen LogP contribution >= 0.6 is 36.4 Å². The molecule has 0 bridgehead atoms. The maximum Gasteiger partial charge on any atom is 0.246 e. The number of ether oxygens (including phenoxy) is 3. The smallest absolute Gasteiger partial charge is 0.246 e. The van der Waals surface area contributed by atoms with Gasteiger partial charge in [0.25, 0.3) is 0 Å². The highest BCUT2D eigenvalue weighted by Crippen LogP contribution is 2.30. The summed E-state index contributed by atoms with van der Waals surface area (Å²) in [5.74, 6) is 2.25. The molecule has 1 fully saturated rings. The molecule has 12 heteroatoms. The fraction of sp³-hybridized carbons (Fsp3) is 0.214. The number of nitrogens with one attached hydrogen (secondary N) is 1. The third-order valence-corrected chi connectivity index (χ3v) is 9.03. The molecule has 1 aromatic heterocycles. The van der Waals surface area contributed by atoms with Crippen LogP contribution < -0.4 is 19.5 Å². The molecule has 9 nitrogen and oxygen atoms in total. The molecular weight excluding hydrogens is 745 g/mol. The van der Waals surface area contributed by atoms with Gasteiger partial charge in [0.2, 0.25) is 11.8 Å². The lowest BCUT2D eigenvalue weighted by Crippen LogP contribution is -2.47. The van der Waals surface area contributed by atoms with Crippen molar-refractivity contribution < 1.29 is 19.0 Å². The molecule has 1 aliphatic rings. The molecule has 1 amide bonds. The number of carbonyl (C=O) groups excluding carboxylic acids is 1. The summed E-state index contributed by atoms with van der Waals surface area (Å²) in [7, 11) is 1.67. The van der Waals surface area contributed by atoms with E-state index in [0.29, 0.717) is 47.7 Å². The maximum absolute atomic E-state index is 13.0. The quantitative estimate of drug-likeness (QED) is 0.112. The summed E-state index contributed by atoms with van der Waals surface area (Å²) in [5.41, 5.74) is 6.00. The van der Waals surface area contributed by atoms with Crippen molar-refractivity contribution in [3.05, 3.63) is 148 Å². The molecule has 54 heavy (non-hydrogen) atoms. The van der Waals surface area contributed by atoms with Gasteiger partial charge < -0.3 is 24.4 Å². The van der Waals surface area contributed by atoms with Gasteiger partial charge in [0, 0.05) is 57.1 Å². The number of halogens is 3. The van der Waals surface area contributed by atoms with Crippen LogP contribution in [0.15, 0.2) is 115 Å². The Morgan fingerprint density at radius 1 is 0.870 bits per heavy atom. The summed E-state index contributed by atoms with van der Waals surface area (Å²) in [4.78, 5) is 21.6. The molecule has 0 radical (unpaired) electrons. The molecule has 0 aliphatic carbocycles. The number of amides is 1. The number of aromatic nitrogens is 1. The average molecular weight is 787 g/mol. The third-order valence-electron chi connectivity index (χ3n) is 8.73. The van der Waals surface area contributed by atoms with Crippen LogP contribution in [-0.2, 0) is 24.4 Å². The molecule has 2 heterocycles. The highest BCUT2D eigenvalue weighted by molar-refractivity contribution is 6.32. The number of pyridine rings is 1. The molecule has 0 spiro atoms. The van der Waals surface area contributed by atoms with Gasteiger partial charge in [0.1, 0.15) is 23.9 Å². The van der Waals surface area contributed by atoms with Crippen LogP contribution in [0.25, 0.3) is 6.08 Å². The van der Waals surface area contributed by atoms with E-state index < -0.39 is 0 Å². The first-order valence-electron chi connectivity index (χ1n) is 17.1. The minimum absolute atomic E-state index is 0. The van der Waals surface area contributed by atoms with E-state index in [1.54, 1.807) is 61.9 Å². The second kappa shape index (κ2) is 20.9. The summed E-state index contributed by atoms with van der Waals surface area (Å²) < 4.78 is 16.9. The van der Waals surface area contributed by atoms with Crippen LogP contribution in [0.4, 0.5) is 5.69 Å². The van der Waals surface area contributed by atoms with Crippen LogP contribution in [0, 0.1) is 11.3 Å². The van der Waals surface area contributed by atoms with Gasteiger partial charge in [-0.15, -0.1) is 24.8 Å². The van der Waals surface area contributed by atoms with Gasteiger partial charge in [-0.25, -0.2) is 4.98 Å². The van der Waals surface area contributed by atoms with Crippen LogP contribution in [0.3, 0.4) is 0 Å². The van der Waals surface area contributed by atoms with Gasteiger partial charge in [-0.2, -0.15) is 5.26 Å². The Labute approximate surface area is 334 Å². The van der Waals surface area contributed by atoms with Gasteiger partial charge in [0.05, 0.1) is 30.0 Å². The van der Waals surface area contributed by atoms with Crippen molar-refractivity contribution in [1.82, 2.24) is 14.8 Å². The fourth-order valence-corrected chi connectivity index (χ4v) is 5.93. The van der Waals surface area contributed by atoms with E-state index in [0.717, 1.165) is 55.2 Å². The van der Waals surface area contributed by atoms with Crippen LogP contribution in [0.5, 0.6) is 23.1 Å². The first kappa shape index (κ1) is 41.5. The summed E-state index contributed by atoms with van der Waals surface area (Å²) in [6.07, 6.45) is 5.90. The predicted molar refractivity (Wildman–Crippen MR) is 218 cm³/mol. The molecule has 4 aromatic carbocycles. The van der Waals surface area contributed by atoms with E-state index in [4.69, 9.17) is 31.1 Å². The number of rotatable bonds is 14. The topological polar surface area (TPSA) is 100.0 Å². The average Bonchev–Trinajstić information content (AvgIpc) is 3.19. The number of methoxy groups -OCH3 is 1. The normalized spacial score (nSPS) is 12.6. The second-order valence-electron chi connectivity index (χ2n) is 12.4. The third kappa shape index (κ3) is 12.2. The Bertz CT molecular complexity index is 2000. The highest BCUT2D eigenvalue weighted by atomic mass is 35.5. The standard InChI is InChI=1S/C42H40ClN5O4.2ClH/c1-50-37-14-12-36(13-15-37)45-21-20-31-2-6-34(7-3-31)29-47-22-24-48(25-23-47)42(49)19-11-32-10-17-40(39(43)26-32)52-41-18-16-38(28-46-41)51-30-35-8-4-33(27-44)5-9-35;;/h2-19,26,28,45H,20-25,29-30H2,1H3;2*1H/b19-11+;;. The lowest BCUT2D eigenvalue weighted by Gasteiger charge is -2.34. The Morgan fingerprint density at radius 3 is 2.20 bits per heavy atom. The molecule has 0 atom stereocenters. The number of anilines is 1. The molecular formula is C42H42Cl3N5O4. The Hall–Kier alpha value is -5.24. The van der Waals surface area contributed by atoms with Crippen LogP contribution in [0.2, 0.25) is 5.02 Å². The van der Waals surface area contributed by atoms with E-state index in [1.807, 2.05) is 47.4 Å². The van der Waals surface area contributed by atoms with Gasteiger partial charge in [-0.1, -0.05) is 54.1 Å². The fourth-order valence-electron chi connectivity index (χ4n) is 5.70. The minimum atomic E-state index is -0.0191. The van der Waals surface area contributed by atoms with E-state index in [1.165, 1.54) is 11.1 Å². The van der Waals surface area contributed by atoms with E-state index in [2.05, 4.69) is 45.5 Å². The van der Waals surface area contributed by atoms with Crippen molar-refractivity contribution in [1.29, 1.82) is 5.26 Å². The Balaban J connectivity index is 0.00000325. The number of carbonyl (C=O) groups is 1. The van der Waals surface area contributed by atoms with Crippen molar-refractivity contribution in [3.8, 4) is 29.2 Å². The molecule has 1 aliphatic heterocycles. The molecule has 1 saturated heterocycles. The van der Waals surface area contributed by atoms with Crippen molar-refractivity contribution in [2.75, 3.05) is 45.2 Å². The van der Waals surface area contributed by atoms with Crippen LogP contribution in [0.1, 0.15) is 27.8 Å².